The van der Waals surface area contributed by atoms with Gasteiger partial charge in [0.2, 0.25) is 0 Å². The summed E-state index contributed by atoms with van der Waals surface area (Å²) in [5.74, 6) is -3.34. The van der Waals surface area contributed by atoms with Crippen LogP contribution in [0.15, 0.2) is 22.7 Å². The van der Waals surface area contributed by atoms with Gasteiger partial charge in [-0.05, 0) is 43.0 Å². The molecule has 1 N–H and O–H groups in total. The average molecular weight is 625 g/mol. The third kappa shape index (κ3) is 5.62. The average Bonchev–Trinajstić information content (AvgIpc) is 3.04. The molecule has 0 spiro atoms. The van der Waals surface area contributed by atoms with E-state index in [1.165, 1.54) is 0 Å². The van der Waals surface area contributed by atoms with Crippen LogP contribution < -0.4 is 5.32 Å². The molecule has 0 fully saturated rings. The van der Waals surface area contributed by atoms with Crippen LogP contribution in [0.2, 0.25) is 20.1 Å². The largest absolute Gasteiger partial charge is 0.454 e. The molecule has 2 aromatic rings. The number of rotatable bonds is 7. The van der Waals surface area contributed by atoms with Crippen molar-refractivity contribution in [3.8, 4) is 0 Å². The Morgan fingerprint density at radius 1 is 1.00 bits per heavy atom. The van der Waals surface area contributed by atoms with Crippen LogP contribution in [0.25, 0.3) is 0 Å². The lowest BCUT2D eigenvalue weighted by Crippen LogP contribution is -2.47. The molecule has 0 unspecified atom stereocenters. The molecule has 0 aromatic heterocycles. The summed E-state index contributed by atoms with van der Waals surface area (Å²) < 4.78 is 6.04. The van der Waals surface area contributed by atoms with Gasteiger partial charge in [0.05, 0.1) is 31.2 Å². The molecule has 0 bridgehead atoms. The van der Waals surface area contributed by atoms with Crippen LogP contribution in [0.5, 0.6) is 0 Å². The zero-order valence-electron chi connectivity index (χ0n) is 18.7. The van der Waals surface area contributed by atoms with E-state index in [1.807, 2.05) is 13.0 Å². The third-order valence-electron chi connectivity index (χ3n) is 5.22. The number of anilines is 1. The molecule has 186 valence electrons. The van der Waals surface area contributed by atoms with Gasteiger partial charge in [-0.15, -0.1) is 0 Å². The van der Waals surface area contributed by atoms with Crippen LogP contribution in [-0.4, -0.2) is 41.2 Å². The van der Waals surface area contributed by atoms with E-state index in [4.69, 9.17) is 51.1 Å². The predicted molar refractivity (Wildman–Crippen MR) is 139 cm³/mol. The number of amides is 3. The van der Waals surface area contributed by atoms with E-state index in [1.54, 1.807) is 26.0 Å². The molecule has 2 aromatic carbocycles. The lowest BCUT2D eigenvalue weighted by atomic mass is 10.0. The summed E-state index contributed by atoms with van der Waals surface area (Å²) in [4.78, 5) is 52.5. The number of imide groups is 1. The van der Waals surface area contributed by atoms with Crippen LogP contribution >= 0.6 is 62.3 Å². The van der Waals surface area contributed by atoms with Gasteiger partial charge < -0.3 is 10.1 Å². The summed E-state index contributed by atoms with van der Waals surface area (Å²) in [7, 11) is 0. The summed E-state index contributed by atoms with van der Waals surface area (Å²) in [6.45, 7) is 4.79. The molecule has 1 aliphatic rings. The second-order valence-corrected chi connectivity index (χ2v) is 10.7. The van der Waals surface area contributed by atoms with Gasteiger partial charge in [-0.1, -0.05) is 76.2 Å². The highest BCUT2D eigenvalue weighted by Crippen LogP contribution is 2.45. The van der Waals surface area contributed by atoms with Crippen molar-refractivity contribution in [1.82, 2.24) is 4.90 Å². The Kier molecular flexibility index (Phi) is 8.76. The number of carbonyl (C=O) groups excluding carboxylic acids is 4. The maximum atomic E-state index is 13.2. The molecule has 0 aliphatic carbocycles. The Balaban J connectivity index is 1.82. The lowest BCUT2D eigenvalue weighted by Gasteiger charge is -2.26. The molecule has 0 saturated carbocycles. The highest BCUT2D eigenvalue weighted by molar-refractivity contribution is 9.10. The second kappa shape index (κ2) is 11.0. The Labute approximate surface area is 230 Å². The quantitative estimate of drug-likeness (QED) is 0.163. The molecule has 3 rings (SSSR count). The predicted octanol–water partition coefficient (Wildman–Crippen LogP) is 6.56. The van der Waals surface area contributed by atoms with Crippen molar-refractivity contribution in [2.75, 3.05) is 11.9 Å². The van der Waals surface area contributed by atoms with E-state index in [-0.39, 0.29) is 43.6 Å². The van der Waals surface area contributed by atoms with Crippen LogP contribution in [0.1, 0.15) is 46.5 Å². The highest BCUT2D eigenvalue weighted by Gasteiger charge is 2.47. The van der Waals surface area contributed by atoms with Gasteiger partial charge in [-0.25, -0.2) is 4.79 Å². The number of hydrogen-bond donors (Lipinski definition) is 1. The summed E-state index contributed by atoms with van der Waals surface area (Å²) >= 11 is 27.8. The van der Waals surface area contributed by atoms with Crippen LogP contribution in [0.3, 0.4) is 0 Å². The van der Waals surface area contributed by atoms with E-state index in [2.05, 4.69) is 21.2 Å². The summed E-state index contributed by atoms with van der Waals surface area (Å²) in [5.41, 5.74) is 0.877. The Morgan fingerprint density at radius 2 is 1.54 bits per heavy atom. The molecule has 35 heavy (non-hydrogen) atoms. The minimum atomic E-state index is -1.32. The second-order valence-electron chi connectivity index (χ2n) is 8.25. The number of ether oxygens (including phenoxy) is 1. The topological polar surface area (TPSA) is 92.8 Å². The van der Waals surface area contributed by atoms with Gasteiger partial charge in [-0.2, -0.15) is 0 Å². The molecule has 0 saturated heterocycles. The van der Waals surface area contributed by atoms with E-state index < -0.39 is 36.3 Å². The Bertz CT molecular complexity index is 1200. The fourth-order valence-corrected chi connectivity index (χ4v) is 5.08. The van der Waals surface area contributed by atoms with Crippen LogP contribution in [0, 0.1) is 12.8 Å². The standard InChI is InChI=1S/C23H19BrCl4N2O5/c1-9(2)6-13(23(34)35-8-14(31)29-12-5-4-11(24)7-10(12)3)30-21(32)15-16(22(30)33)18(26)20(28)19(27)17(15)25/h4-5,7,9,13H,6,8H2,1-3H3,(H,29,31)/t13-/m0/s1. The number of fused-ring (bicyclic) bond motifs is 1. The summed E-state index contributed by atoms with van der Waals surface area (Å²) in [6, 6.07) is 3.94. The monoisotopic (exact) mass is 622 g/mol. The minimum absolute atomic E-state index is 0.0778. The SMILES string of the molecule is Cc1cc(Br)ccc1NC(=O)COC(=O)[C@H](CC(C)C)N1C(=O)c2c(Cl)c(Cl)c(Cl)c(Cl)c2C1=O. The third-order valence-corrected chi connectivity index (χ3v) is 7.51. The van der Waals surface area contributed by atoms with Gasteiger partial charge in [0.25, 0.3) is 17.7 Å². The number of esters is 1. The van der Waals surface area contributed by atoms with Gasteiger partial charge in [0.1, 0.15) is 6.04 Å². The maximum absolute atomic E-state index is 13.2. The first-order valence-electron chi connectivity index (χ1n) is 10.3. The fraction of sp³-hybridized carbons (Fsp3) is 0.304. The molecular weight excluding hydrogens is 606 g/mol. The number of carbonyl (C=O) groups is 4. The molecule has 3 amide bonds. The fourth-order valence-electron chi connectivity index (χ4n) is 3.59. The van der Waals surface area contributed by atoms with Crippen molar-refractivity contribution >= 4 is 91.7 Å². The van der Waals surface area contributed by atoms with E-state index >= 15 is 0 Å². The molecule has 12 heteroatoms. The van der Waals surface area contributed by atoms with Crippen molar-refractivity contribution in [2.45, 2.75) is 33.2 Å². The maximum Gasteiger partial charge on any atom is 0.329 e. The molecular formula is C23H19BrCl4N2O5. The number of benzene rings is 2. The molecule has 7 nitrogen and oxygen atoms in total. The first-order valence-corrected chi connectivity index (χ1v) is 12.6. The first kappa shape index (κ1) is 27.7. The zero-order chi connectivity index (χ0) is 26.2. The van der Waals surface area contributed by atoms with E-state index in [0.717, 1.165) is 14.9 Å². The first-order chi connectivity index (χ1) is 16.3. The van der Waals surface area contributed by atoms with Crippen molar-refractivity contribution in [1.29, 1.82) is 0 Å². The van der Waals surface area contributed by atoms with E-state index in [0.29, 0.717) is 5.69 Å². The normalized spacial score (nSPS) is 13.8. The number of hydrogen-bond acceptors (Lipinski definition) is 5. The molecule has 0 radical (unpaired) electrons. The van der Waals surface area contributed by atoms with Gasteiger partial charge in [0.15, 0.2) is 6.61 Å². The van der Waals surface area contributed by atoms with Crippen molar-refractivity contribution in [3.63, 3.8) is 0 Å². The van der Waals surface area contributed by atoms with Crippen LogP contribution in [0.4, 0.5) is 5.69 Å². The van der Waals surface area contributed by atoms with Crippen molar-refractivity contribution in [2.24, 2.45) is 5.92 Å². The number of aryl methyl sites for hydroxylation is 1. The summed E-state index contributed by atoms with van der Waals surface area (Å²) in [6.07, 6.45) is 0.0778. The minimum Gasteiger partial charge on any atom is -0.454 e. The Hall–Kier alpha value is -1.84. The lowest BCUT2D eigenvalue weighted by molar-refractivity contribution is -0.151. The molecule has 1 atom stereocenters. The molecule has 1 aliphatic heterocycles. The van der Waals surface area contributed by atoms with Gasteiger partial charge in [0, 0.05) is 10.2 Å². The highest BCUT2D eigenvalue weighted by atomic mass is 79.9. The molecule has 1 heterocycles. The number of nitrogens with one attached hydrogen (secondary N) is 1. The van der Waals surface area contributed by atoms with Gasteiger partial charge >= 0.3 is 5.97 Å². The van der Waals surface area contributed by atoms with Crippen LogP contribution in [-0.2, 0) is 14.3 Å². The van der Waals surface area contributed by atoms with Crippen molar-refractivity contribution < 1.29 is 23.9 Å². The zero-order valence-corrected chi connectivity index (χ0v) is 23.3. The summed E-state index contributed by atoms with van der Waals surface area (Å²) in [5, 5.41) is 1.82. The smallest absolute Gasteiger partial charge is 0.329 e. The number of nitrogens with zero attached hydrogens (tertiary/aromatic N) is 1. The number of halogens is 5. The van der Waals surface area contributed by atoms with Crippen molar-refractivity contribution in [3.05, 3.63) is 59.5 Å². The Morgan fingerprint density at radius 3 is 2.03 bits per heavy atom. The van der Waals surface area contributed by atoms with Gasteiger partial charge in [-0.3, -0.25) is 19.3 Å². The van der Waals surface area contributed by atoms with E-state index in [9.17, 15) is 19.2 Å².